The van der Waals surface area contributed by atoms with Crippen molar-refractivity contribution in [3.8, 4) is 11.5 Å². The largest absolute Gasteiger partial charge is 0.504 e. The number of ether oxygens (including phenoxy) is 1. The molecule has 0 atom stereocenters. The number of para-hydroxylation sites is 2. The summed E-state index contributed by atoms with van der Waals surface area (Å²) in [6.45, 7) is 0.163. The topological polar surface area (TPSA) is 87.1 Å². The van der Waals surface area contributed by atoms with Crippen LogP contribution in [0.4, 0.5) is 0 Å². The van der Waals surface area contributed by atoms with Gasteiger partial charge in [0.15, 0.2) is 18.1 Å². The van der Waals surface area contributed by atoms with Gasteiger partial charge < -0.3 is 19.8 Å². The van der Waals surface area contributed by atoms with Crippen molar-refractivity contribution in [1.82, 2.24) is 4.90 Å². The summed E-state index contributed by atoms with van der Waals surface area (Å²) in [5.74, 6) is -0.932. The van der Waals surface area contributed by atoms with E-state index in [1.807, 2.05) is 0 Å². The molecule has 0 fully saturated rings. The number of carboxylic acids is 1. The number of aliphatic carboxylic acids is 1. The van der Waals surface area contributed by atoms with Gasteiger partial charge in [-0.15, -0.1) is 0 Å². The highest BCUT2D eigenvalue weighted by Gasteiger charge is 2.11. The number of likely N-dealkylation sites (N-methyl/N-ethyl adjacent to an activating group) is 1. The molecular weight excluding hydrogens is 250 g/mol. The number of phenols is 1. The predicted molar refractivity (Wildman–Crippen MR) is 68.1 cm³/mol. The summed E-state index contributed by atoms with van der Waals surface area (Å²) in [6.07, 6.45) is 0.423. The van der Waals surface area contributed by atoms with E-state index in [9.17, 15) is 14.7 Å². The normalized spacial score (nSPS) is 9.95. The monoisotopic (exact) mass is 267 g/mol. The fourth-order valence-electron chi connectivity index (χ4n) is 1.42. The van der Waals surface area contributed by atoms with E-state index in [4.69, 9.17) is 9.84 Å². The highest BCUT2D eigenvalue weighted by atomic mass is 16.5. The second kappa shape index (κ2) is 7.25. The fourth-order valence-corrected chi connectivity index (χ4v) is 1.42. The molecule has 0 bridgehead atoms. The Hall–Kier alpha value is -2.24. The SMILES string of the molecule is CN(CCCC(=O)O)C(=O)COc1ccccc1O. The second-order valence-electron chi connectivity index (χ2n) is 4.07. The highest BCUT2D eigenvalue weighted by Crippen LogP contribution is 2.24. The number of carboxylic acid groups (broad SMARTS) is 1. The van der Waals surface area contributed by atoms with Crippen LogP contribution < -0.4 is 4.74 Å². The molecule has 0 saturated heterocycles. The van der Waals surface area contributed by atoms with Crippen LogP contribution in [0, 0.1) is 0 Å². The Labute approximate surface area is 111 Å². The zero-order valence-corrected chi connectivity index (χ0v) is 10.7. The van der Waals surface area contributed by atoms with Crippen molar-refractivity contribution in [1.29, 1.82) is 0 Å². The number of hydrogen-bond donors (Lipinski definition) is 2. The molecule has 2 N–H and O–H groups in total. The van der Waals surface area contributed by atoms with Crippen molar-refractivity contribution in [3.63, 3.8) is 0 Å². The van der Waals surface area contributed by atoms with Crippen molar-refractivity contribution < 1.29 is 24.5 Å². The number of benzene rings is 1. The third kappa shape index (κ3) is 5.29. The lowest BCUT2D eigenvalue weighted by Gasteiger charge is -2.17. The summed E-state index contributed by atoms with van der Waals surface area (Å²) in [5, 5.41) is 17.9. The molecule has 1 aromatic carbocycles. The van der Waals surface area contributed by atoms with Crippen LogP contribution in [0.3, 0.4) is 0 Å². The third-order valence-corrected chi connectivity index (χ3v) is 2.53. The standard InChI is InChI=1S/C13H17NO5/c1-14(8-4-7-13(17)18)12(16)9-19-11-6-3-2-5-10(11)15/h2-3,5-6,15H,4,7-9H2,1H3,(H,17,18). The smallest absolute Gasteiger partial charge is 0.303 e. The molecule has 1 amide bonds. The fraction of sp³-hybridized carbons (Fsp3) is 0.385. The Kier molecular flexibility index (Phi) is 5.66. The molecule has 1 rings (SSSR count). The van der Waals surface area contributed by atoms with Gasteiger partial charge in [0.05, 0.1) is 0 Å². The molecule has 0 heterocycles. The number of amides is 1. The van der Waals surface area contributed by atoms with Crippen LogP contribution in [-0.4, -0.2) is 47.2 Å². The van der Waals surface area contributed by atoms with Crippen LogP contribution >= 0.6 is 0 Å². The maximum atomic E-state index is 11.7. The molecule has 0 spiro atoms. The van der Waals surface area contributed by atoms with Crippen LogP contribution in [0.15, 0.2) is 24.3 Å². The first kappa shape index (κ1) is 14.8. The predicted octanol–water partition coefficient (Wildman–Crippen LogP) is 1.09. The van der Waals surface area contributed by atoms with Gasteiger partial charge in [-0.25, -0.2) is 0 Å². The van der Waals surface area contributed by atoms with E-state index in [1.165, 1.54) is 11.0 Å². The number of phenolic OH excluding ortho intramolecular Hbond substituents is 1. The van der Waals surface area contributed by atoms with Crippen molar-refractivity contribution in [2.45, 2.75) is 12.8 Å². The van der Waals surface area contributed by atoms with Gasteiger partial charge in [0.1, 0.15) is 0 Å². The summed E-state index contributed by atoms with van der Waals surface area (Å²) in [5.41, 5.74) is 0. The zero-order chi connectivity index (χ0) is 14.3. The van der Waals surface area contributed by atoms with Crippen LogP contribution in [0.25, 0.3) is 0 Å². The number of nitrogens with zero attached hydrogens (tertiary/aromatic N) is 1. The van der Waals surface area contributed by atoms with E-state index >= 15 is 0 Å². The average molecular weight is 267 g/mol. The second-order valence-corrected chi connectivity index (χ2v) is 4.07. The summed E-state index contributed by atoms with van der Waals surface area (Å²) in [7, 11) is 1.58. The van der Waals surface area contributed by atoms with Crippen LogP contribution in [-0.2, 0) is 9.59 Å². The molecule has 0 unspecified atom stereocenters. The van der Waals surface area contributed by atoms with Crippen molar-refractivity contribution in [3.05, 3.63) is 24.3 Å². The molecule has 0 aliphatic rings. The van der Waals surface area contributed by atoms with Gasteiger partial charge in [-0.2, -0.15) is 0 Å². The molecular formula is C13H17NO5. The lowest BCUT2D eigenvalue weighted by atomic mass is 10.3. The Balaban J connectivity index is 2.34. The first-order valence-corrected chi connectivity index (χ1v) is 5.87. The Morgan fingerprint density at radius 3 is 2.63 bits per heavy atom. The summed E-state index contributed by atoms with van der Waals surface area (Å²) in [6, 6.07) is 6.38. The zero-order valence-electron chi connectivity index (χ0n) is 10.7. The lowest BCUT2D eigenvalue weighted by molar-refractivity contribution is -0.138. The molecule has 1 aromatic rings. The van der Waals surface area contributed by atoms with E-state index in [-0.39, 0.29) is 30.4 Å². The molecule has 0 radical (unpaired) electrons. The number of rotatable bonds is 7. The summed E-state index contributed by atoms with van der Waals surface area (Å²) >= 11 is 0. The quantitative estimate of drug-likeness (QED) is 0.772. The first-order chi connectivity index (χ1) is 9.00. The Morgan fingerprint density at radius 1 is 1.32 bits per heavy atom. The highest BCUT2D eigenvalue weighted by molar-refractivity contribution is 5.77. The molecule has 0 aromatic heterocycles. The number of hydrogen-bond acceptors (Lipinski definition) is 4. The van der Waals surface area contributed by atoms with E-state index < -0.39 is 5.97 Å². The van der Waals surface area contributed by atoms with E-state index in [1.54, 1.807) is 25.2 Å². The van der Waals surface area contributed by atoms with Gasteiger partial charge in [0.2, 0.25) is 0 Å². The lowest BCUT2D eigenvalue weighted by Crippen LogP contribution is -2.32. The maximum absolute atomic E-state index is 11.7. The molecule has 6 nitrogen and oxygen atoms in total. The van der Waals surface area contributed by atoms with E-state index in [0.717, 1.165) is 0 Å². The van der Waals surface area contributed by atoms with Gasteiger partial charge in [-0.1, -0.05) is 12.1 Å². The number of aromatic hydroxyl groups is 1. The maximum Gasteiger partial charge on any atom is 0.303 e. The van der Waals surface area contributed by atoms with Crippen molar-refractivity contribution in [2.24, 2.45) is 0 Å². The number of carbonyl (C=O) groups is 2. The van der Waals surface area contributed by atoms with E-state index in [2.05, 4.69) is 0 Å². The summed E-state index contributed by atoms with van der Waals surface area (Å²) < 4.78 is 5.19. The van der Waals surface area contributed by atoms with Gasteiger partial charge >= 0.3 is 5.97 Å². The number of carbonyl (C=O) groups excluding carboxylic acids is 1. The molecule has 0 aliphatic heterocycles. The van der Waals surface area contributed by atoms with Crippen LogP contribution in [0.2, 0.25) is 0 Å². The minimum absolute atomic E-state index is 0.0242. The van der Waals surface area contributed by atoms with Gasteiger partial charge in [0.25, 0.3) is 5.91 Å². The molecule has 19 heavy (non-hydrogen) atoms. The summed E-state index contributed by atoms with van der Waals surface area (Å²) in [4.78, 5) is 23.4. The van der Waals surface area contributed by atoms with Crippen LogP contribution in [0.5, 0.6) is 11.5 Å². The Morgan fingerprint density at radius 2 is 2.00 bits per heavy atom. The average Bonchev–Trinajstić information content (AvgIpc) is 2.36. The van der Waals surface area contributed by atoms with Crippen molar-refractivity contribution >= 4 is 11.9 Å². The van der Waals surface area contributed by atoms with Gasteiger partial charge in [0, 0.05) is 20.0 Å². The van der Waals surface area contributed by atoms with Crippen molar-refractivity contribution in [2.75, 3.05) is 20.2 Å². The minimum Gasteiger partial charge on any atom is -0.504 e. The minimum atomic E-state index is -0.883. The molecule has 0 saturated carbocycles. The molecule has 104 valence electrons. The van der Waals surface area contributed by atoms with Gasteiger partial charge in [-0.3, -0.25) is 9.59 Å². The Bertz CT molecular complexity index is 446. The van der Waals surface area contributed by atoms with Gasteiger partial charge in [-0.05, 0) is 18.6 Å². The molecule has 6 heteroatoms. The van der Waals surface area contributed by atoms with Crippen LogP contribution in [0.1, 0.15) is 12.8 Å². The van der Waals surface area contributed by atoms with E-state index in [0.29, 0.717) is 13.0 Å². The third-order valence-electron chi connectivity index (χ3n) is 2.53. The first-order valence-electron chi connectivity index (χ1n) is 5.87. The molecule has 0 aliphatic carbocycles.